The van der Waals surface area contributed by atoms with E-state index < -0.39 is 0 Å². The SMILES string of the molecule is COCCNCC(=O)NC1CCN(Cc2ccccc2C)CC1. The Labute approximate surface area is 139 Å². The van der Waals surface area contributed by atoms with Gasteiger partial charge in [-0.3, -0.25) is 9.69 Å². The third-order valence-corrected chi connectivity index (χ3v) is 4.38. The fourth-order valence-electron chi connectivity index (χ4n) is 2.92. The first-order valence-corrected chi connectivity index (χ1v) is 8.45. The van der Waals surface area contributed by atoms with Crippen molar-refractivity contribution in [2.45, 2.75) is 32.4 Å². The summed E-state index contributed by atoms with van der Waals surface area (Å²) in [5.74, 6) is 0.0819. The zero-order valence-corrected chi connectivity index (χ0v) is 14.3. The molecule has 0 aliphatic carbocycles. The minimum atomic E-state index is 0.0819. The number of carbonyl (C=O) groups is 1. The fraction of sp³-hybridized carbons (Fsp3) is 0.611. The number of likely N-dealkylation sites (tertiary alicyclic amines) is 1. The van der Waals surface area contributed by atoms with E-state index >= 15 is 0 Å². The second kappa shape index (κ2) is 9.65. The molecule has 0 unspecified atom stereocenters. The lowest BCUT2D eigenvalue weighted by Gasteiger charge is -2.32. The maximum Gasteiger partial charge on any atom is 0.234 e. The number of nitrogens with one attached hydrogen (secondary N) is 2. The second-order valence-electron chi connectivity index (χ2n) is 6.21. The van der Waals surface area contributed by atoms with Gasteiger partial charge in [-0.2, -0.15) is 0 Å². The quantitative estimate of drug-likeness (QED) is 0.710. The van der Waals surface area contributed by atoms with E-state index in [2.05, 4.69) is 46.7 Å². The normalized spacial score (nSPS) is 16.4. The van der Waals surface area contributed by atoms with Crippen molar-refractivity contribution >= 4 is 5.91 Å². The molecule has 1 aliphatic heterocycles. The van der Waals surface area contributed by atoms with Gasteiger partial charge in [0, 0.05) is 39.3 Å². The number of ether oxygens (including phenoxy) is 1. The van der Waals surface area contributed by atoms with E-state index in [1.54, 1.807) is 7.11 Å². The molecule has 0 bridgehead atoms. The molecule has 0 spiro atoms. The lowest BCUT2D eigenvalue weighted by molar-refractivity contribution is -0.121. The van der Waals surface area contributed by atoms with Crippen LogP contribution in [0.4, 0.5) is 0 Å². The Balaban J connectivity index is 1.66. The van der Waals surface area contributed by atoms with E-state index in [0.717, 1.165) is 32.5 Å². The number of methoxy groups -OCH3 is 1. The maximum absolute atomic E-state index is 11.9. The van der Waals surface area contributed by atoms with E-state index in [9.17, 15) is 4.79 Å². The molecular formula is C18H29N3O2. The second-order valence-corrected chi connectivity index (χ2v) is 6.21. The number of amides is 1. The highest BCUT2D eigenvalue weighted by atomic mass is 16.5. The fourth-order valence-corrected chi connectivity index (χ4v) is 2.92. The average molecular weight is 319 g/mol. The van der Waals surface area contributed by atoms with Crippen molar-refractivity contribution in [3.05, 3.63) is 35.4 Å². The van der Waals surface area contributed by atoms with Crippen molar-refractivity contribution in [1.82, 2.24) is 15.5 Å². The minimum absolute atomic E-state index is 0.0819. The lowest BCUT2D eigenvalue weighted by atomic mass is 10.0. The minimum Gasteiger partial charge on any atom is -0.383 e. The Bertz CT molecular complexity index is 485. The van der Waals surface area contributed by atoms with E-state index in [-0.39, 0.29) is 5.91 Å². The van der Waals surface area contributed by atoms with Gasteiger partial charge in [-0.25, -0.2) is 0 Å². The molecule has 2 N–H and O–H groups in total. The van der Waals surface area contributed by atoms with E-state index in [0.29, 0.717) is 25.7 Å². The number of hydrogen-bond acceptors (Lipinski definition) is 4. The van der Waals surface area contributed by atoms with Crippen LogP contribution in [0.25, 0.3) is 0 Å². The van der Waals surface area contributed by atoms with Crippen molar-refractivity contribution < 1.29 is 9.53 Å². The molecule has 1 aromatic carbocycles. The Morgan fingerprint density at radius 1 is 1.30 bits per heavy atom. The number of benzene rings is 1. The molecule has 5 nitrogen and oxygen atoms in total. The number of hydrogen-bond donors (Lipinski definition) is 2. The number of rotatable bonds is 8. The Morgan fingerprint density at radius 3 is 2.74 bits per heavy atom. The molecule has 1 amide bonds. The highest BCUT2D eigenvalue weighted by Crippen LogP contribution is 2.16. The van der Waals surface area contributed by atoms with Crippen LogP contribution in [-0.4, -0.2) is 56.7 Å². The smallest absolute Gasteiger partial charge is 0.234 e. The van der Waals surface area contributed by atoms with Gasteiger partial charge in [-0.15, -0.1) is 0 Å². The van der Waals surface area contributed by atoms with Crippen LogP contribution in [0.1, 0.15) is 24.0 Å². The van der Waals surface area contributed by atoms with Gasteiger partial charge in [0.25, 0.3) is 0 Å². The van der Waals surface area contributed by atoms with Gasteiger partial charge in [0.2, 0.25) is 5.91 Å². The van der Waals surface area contributed by atoms with E-state index in [1.165, 1.54) is 11.1 Å². The summed E-state index contributed by atoms with van der Waals surface area (Å²) in [4.78, 5) is 14.3. The molecule has 0 saturated carbocycles. The molecule has 1 aliphatic rings. The molecule has 128 valence electrons. The number of nitrogens with zero attached hydrogens (tertiary/aromatic N) is 1. The molecule has 0 atom stereocenters. The van der Waals surface area contributed by atoms with Crippen LogP contribution in [0.3, 0.4) is 0 Å². The van der Waals surface area contributed by atoms with Crippen LogP contribution in [0.15, 0.2) is 24.3 Å². The summed E-state index contributed by atoms with van der Waals surface area (Å²) >= 11 is 0. The van der Waals surface area contributed by atoms with E-state index in [1.807, 2.05) is 0 Å². The number of aryl methyl sites for hydroxylation is 1. The van der Waals surface area contributed by atoms with Gasteiger partial charge in [0.15, 0.2) is 0 Å². The first-order chi connectivity index (χ1) is 11.2. The summed E-state index contributed by atoms with van der Waals surface area (Å²) < 4.78 is 4.94. The third kappa shape index (κ3) is 6.29. The van der Waals surface area contributed by atoms with Gasteiger partial charge >= 0.3 is 0 Å². The van der Waals surface area contributed by atoms with Gasteiger partial charge in [0.05, 0.1) is 13.2 Å². The summed E-state index contributed by atoms with van der Waals surface area (Å²) in [6.07, 6.45) is 2.05. The molecule has 5 heteroatoms. The third-order valence-electron chi connectivity index (χ3n) is 4.38. The van der Waals surface area contributed by atoms with Crippen molar-refractivity contribution in [2.75, 3.05) is 39.9 Å². The largest absolute Gasteiger partial charge is 0.383 e. The average Bonchev–Trinajstić information content (AvgIpc) is 2.55. The Kier molecular flexibility index (Phi) is 7.52. The highest BCUT2D eigenvalue weighted by Gasteiger charge is 2.20. The summed E-state index contributed by atoms with van der Waals surface area (Å²) in [6, 6.07) is 8.86. The zero-order valence-electron chi connectivity index (χ0n) is 14.3. The van der Waals surface area contributed by atoms with Crippen molar-refractivity contribution in [3.63, 3.8) is 0 Å². The van der Waals surface area contributed by atoms with Crippen LogP contribution in [0, 0.1) is 6.92 Å². The molecule has 1 saturated heterocycles. The summed E-state index contributed by atoms with van der Waals surface area (Å²) in [5, 5.41) is 6.20. The molecule has 1 aromatic rings. The monoisotopic (exact) mass is 319 g/mol. The zero-order chi connectivity index (χ0) is 16.5. The molecule has 0 radical (unpaired) electrons. The molecule has 1 heterocycles. The van der Waals surface area contributed by atoms with Crippen LogP contribution in [0.2, 0.25) is 0 Å². The van der Waals surface area contributed by atoms with Crippen molar-refractivity contribution in [3.8, 4) is 0 Å². The lowest BCUT2D eigenvalue weighted by Crippen LogP contribution is -2.46. The molecule has 23 heavy (non-hydrogen) atoms. The first-order valence-electron chi connectivity index (χ1n) is 8.45. The molecule has 2 rings (SSSR count). The predicted octanol–water partition coefficient (Wildman–Crippen LogP) is 1.31. The molecular weight excluding hydrogens is 290 g/mol. The maximum atomic E-state index is 11.9. The predicted molar refractivity (Wildman–Crippen MR) is 92.4 cm³/mol. The number of carbonyl (C=O) groups excluding carboxylic acids is 1. The van der Waals surface area contributed by atoms with Gasteiger partial charge in [-0.05, 0) is 30.9 Å². The van der Waals surface area contributed by atoms with Crippen molar-refractivity contribution in [1.29, 1.82) is 0 Å². The van der Waals surface area contributed by atoms with Crippen LogP contribution >= 0.6 is 0 Å². The van der Waals surface area contributed by atoms with Crippen LogP contribution in [0.5, 0.6) is 0 Å². The van der Waals surface area contributed by atoms with Crippen LogP contribution in [-0.2, 0) is 16.1 Å². The summed E-state index contributed by atoms with van der Waals surface area (Å²) in [6.45, 7) is 6.95. The molecule has 0 aromatic heterocycles. The van der Waals surface area contributed by atoms with Gasteiger partial charge in [-0.1, -0.05) is 24.3 Å². The van der Waals surface area contributed by atoms with Gasteiger partial charge < -0.3 is 15.4 Å². The van der Waals surface area contributed by atoms with Crippen LogP contribution < -0.4 is 10.6 Å². The Morgan fingerprint density at radius 2 is 2.04 bits per heavy atom. The standard InChI is InChI=1S/C18H29N3O2/c1-15-5-3-4-6-16(15)14-21-10-7-17(8-11-21)20-18(22)13-19-9-12-23-2/h3-6,17,19H,7-14H2,1-2H3,(H,20,22). The molecule has 1 fully saturated rings. The highest BCUT2D eigenvalue weighted by molar-refractivity contribution is 5.78. The number of piperidine rings is 1. The van der Waals surface area contributed by atoms with E-state index in [4.69, 9.17) is 4.74 Å². The summed E-state index contributed by atoms with van der Waals surface area (Å²) in [5.41, 5.74) is 2.75. The topological polar surface area (TPSA) is 53.6 Å². The summed E-state index contributed by atoms with van der Waals surface area (Å²) in [7, 11) is 1.66. The van der Waals surface area contributed by atoms with Crippen molar-refractivity contribution in [2.24, 2.45) is 0 Å². The van der Waals surface area contributed by atoms with Gasteiger partial charge in [0.1, 0.15) is 0 Å². The first kappa shape index (κ1) is 17.9. The Hall–Kier alpha value is -1.43.